The Morgan fingerprint density at radius 2 is 1.89 bits per heavy atom. The van der Waals surface area contributed by atoms with E-state index >= 15 is 0 Å². The maximum absolute atomic E-state index is 13.7. The molecule has 1 aliphatic carbocycles. The Hall–Kier alpha value is -4.04. The van der Waals surface area contributed by atoms with E-state index in [-0.39, 0.29) is 11.6 Å². The van der Waals surface area contributed by atoms with Crippen LogP contribution >= 0.6 is 0 Å². The van der Waals surface area contributed by atoms with Crippen molar-refractivity contribution in [3.8, 4) is 0 Å². The first kappa shape index (κ1) is 23.4. The molecule has 5 aromatic rings. The van der Waals surface area contributed by atoms with Crippen molar-refractivity contribution in [2.75, 3.05) is 0 Å². The summed E-state index contributed by atoms with van der Waals surface area (Å²) in [7, 11) is 0. The Balaban J connectivity index is 1.54. The number of benzene rings is 2. The van der Waals surface area contributed by atoms with E-state index < -0.39 is 6.04 Å². The number of nitrogens with one attached hydrogen (secondary N) is 1. The Bertz CT molecular complexity index is 1530. The zero-order valence-corrected chi connectivity index (χ0v) is 20.9. The smallest absolute Gasteiger partial charge is 0.253 e. The van der Waals surface area contributed by atoms with Crippen molar-refractivity contribution in [1.82, 2.24) is 30.1 Å². The number of fused-ring (bicyclic) bond motifs is 1. The van der Waals surface area contributed by atoms with Crippen LogP contribution in [0, 0.1) is 6.92 Å². The van der Waals surface area contributed by atoms with E-state index in [1.54, 1.807) is 6.26 Å². The quantitative estimate of drug-likeness (QED) is 0.314. The average Bonchev–Trinajstić information content (AvgIpc) is 3.69. The number of furan rings is 1. The number of aromatic amines is 1. The normalized spacial score (nSPS) is 15.1. The zero-order valence-electron chi connectivity index (χ0n) is 20.9. The van der Waals surface area contributed by atoms with Crippen molar-refractivity contribution in [3.63, 3.8) is 0 Å². The maximum Gasteiger partial charge on any atom is 0.253 e. The number of hydrogen-bond acceptors (Lipinski definition) is 6. The van der Waals surface area contributed by atoms with Crippen LogP contribution in [0.5, 0.6) is 0 Å². The highest BCUT2D eigenvalue weighted by atomic mass is 16.3. The Kier molecular flexibility index (Phi) is 6.40. The topological polar surface area (TPSA) is 92.8 Å². The number of para-hydroxylation sites is 1. The van der Waals surface area contributed by atoms with Gasteiger partial charge in [0.05, 0.1) is 24.4 Å². The lowest BCUT2D eigenvalue weighted by Gasteiger charge is -2.31. The highest BCUT2D eigenvalue weighted by Gasteiger charge is 2.33. The molecule has 0 spiro atoms. The summed E-state index contributed by atoms with van der Waals surface area (Å²) >= 11 is 0. The summed E-state index contributed by atoms with van der Waals surface area (Å²) in [5.41, 5.74) is 3.50. The van der Waals surface area contributed by atoms with E-state index in [1.165, 1.54) is 0 Å². The Morgan fingerprint density at radius 3 is 2.68 bits per heavy atom. The van der Waals surface area contributed by atoms with Gasteiger partial charge in [0.1, 0.15) is 11.8 Å². The van der Waals surface area contributed by atoms with Crippen LogP contribution in [0.2, 0.25) is 0 Å². The predicted octanol–water partition coefficient (Wildman–Crippen LogP) is 5.32. The number of rotatable bonds is 8. The van der Waals surface area contributed by atoms with E-state index in [9.17, 15) is 4.79 Å². The molecule has 1 saturated carbocycles. The molecular formula is C29H30N6O2. The highest BCUT2D eigenvalue weighted by molar-refractivity contribution is 5.82. The lowest BCUT2D eigenvalue weighted by molar-refractivity contribution is 0.176. The van der Waals surface area contributed by atoms with Crippen LogP contribution in [0.1, 0.15) is 66.0 Å². The highest BCUT2D eigenvalue weighted by Crippen LogP contribution is 2.35. The average molecular weight is 495 g/mol. The molecule has 1 N–H and O–H groups in total. The van der Waals surface area contributed by atoms with Gasteiger partial charge in [0.2, 0.25) is 0 Å². The first-order chi connectivity index (χ1) is 18.2. The summed E-state index contributed by atoms with van der Waals surface area (Å²) in [6.45, 7) is 3.10. The minimum absolute atomic E-state index is 0.134. The van der Waals surface area contributed by atoms with Crippen LogP contribution in [0.3, 0.4) is 0 Å². The fraction of sp³-hybridized carbons (Fsp3) is 0.310. The van der Waals surface area contributed by atoms with Crippen LogP contribution in [-0.2, 0) is 13.1 Å². The summed E-state index contributed by atoms with van der Waals surface area (Å²) in [6.07, 6.45) is 6.07. The van der Waals surface area contributed by atoms with E-state index in [1.807, 2.05) is 66.2 Å². The molecule has 2 aromatic carbocycles. The van der Waals surface area contributed by atoms with Gasteiger partial charge in [-0.3, -0.25) is 9.69 Å². The van der Waals surface area contributed by atoms with Crippen LogP contribution in [-0.4, -0.2) is 30.1 Å². The Morgan fingerprint density at radius 1 is 1.05 bits per heavy atom. The third-order valence-corrected chi connectivity index (χ3v) is 7.38. The number of nitrogens with zero attached hydrogens (tertiary/aromatic N) is 5. The van der Waals surface area contributed by atoms with E-state index in [2.05, 4.69) is 37.5 Å². The fourth-order valence-corrected chi connectivity index (χ4v) is 5.55. The molecule has 0 radical (unpaired) electrons. The molecule has 6 rings (SSSR count). The van der Waals surface area contributed by atoms with E-state index in [0.717, 1.165) is 53.5 Å². The third-order valence-electron chi connectivity index (χ3n) is 7.38. The van der Waals surface area contributed by atoms with Gasteiger partial charge in [-0.25, -0.2) is 4.68 Å². The molecule has 3 heterocycles. The molecule has 1 atom stereocenters. The van der Waals surface area contributed by atoms with Crippen molar-refractivity contribution in [3.05, 3.63) is 112 Å². The molecule has 0 bridgehead atoms. The van der Waals surface area contributed by atoms with Crippen LogP contribution in [0.25, 0.3) is 10.9 Å². The molecule has 0 aliphatic heterocycles. The van der Waals surface area contributed by atoms with Gasteiger partial charge in [-0.1, -0.05) is 61.4 Å². The second-order valence-corrected chi connectivity index (χ2v) is 9.89. The fourth-order valence-electron chi connectivity index (χ4n) is 5.55. The predicted molar refractivity (Wildman–Crippen MR) is 141 cm³/mol. The van der Waals surface area contributed by atoms with Crippen molar-refractivity contribution in [2.45, 2.75) is 57.8 Å². The SMILES string of the molecule is Cc1cccc2cc(C(c3nnnn3C3CCCC3)N(Cc3ccccc3)Cc3ccco3)c(=O)[nH]c12. The van der Waals surface area contributed by atoms with Crippen molar-refractivity contribution in [1.29, 1.82) is 0 Å². The molecule has 1 fully saturated rings. The van der Waals surface area contributed by atoms with Gasteiger partial charge in [0, 0.05) is 12.1 Å². The summed E-state index contributed by atoms with van der Waals surface area (Å²) < 4.78 is 7.72. The lowest BCUT2D eigenvalue weighted by atomic mass is 10.0. The third kappa shape index (κ3) is 4.72. The van der Waals surface area contributed by atoms with E-state index in [0.29, 0.717) is 24.5 Å². The van der Waals surface area contributed by atoms with Gasteiger partial charge in [-0.2, -0.15) is 0 Å². The Labute approximate surface area is 214 Å². The zero-order chi connectivity index (χ0) is 25.2. The first-order valence-corrected chi connectivity index (χ1v) is 12.9. The number of aromatic nitrogens is 5. The van der Waals surface area contributed by atoms with Gasteiger partial charge in [0.15, 0.2) is 5.82 Å². The molecule has 8 heteroatoms. The minimum Gasteiger partial charge on any atom is -0.468 e. The molecule has 0 amide bonds. The summed E-state index contributed by atoms with van der Waals surface area (Å²) in [6, 6.07) is 21.9. The van der Waals surface area contributed by atoms with Gasteiger partial charge < -0.3 is 9.40 Å². The molecule has 0 saturated heterocycles. The minimum atomic E-state index is -0.477. The molecule has 1 aliphatic rings. The van der Waals surface area contributed by atoms with Crippen molar-refractivity contribution < 1.29 is 4.42 Å². The van der Waals surface area contributed by atoms with Crippen LogP contribution < -0.4 is 5.56 Å². The summed E-state index contributed by atoms with van der Waals surface area (Å²) in [4.78, 5) is 19.1. The number of tetrazole rings is 1. The van der Waals surface area contributed by atoms with Gasteiger partial charge >= 0.3 is 0 Å². The van der Waals surface area contributed by atoms with Crippen LogP contribution in [0.15, 0.2) is 82.2 Å². The molecule has 3 aromatic heterocycles. The second kappa shape index (κ2) is 10.1. The van der Waals surface area contributed by atoms with Crippen molar-refractivity contribution >= 4 is 10.9 Å². The summed E-state index contributed by atoms with van der Waals surface area (Å²) in [5.74, 6) is 1.50. The number of H-pyrrole nitrogens is 1. The molecular weight excluding hydrogens is 464 g/mol. The first-order valence-electron chi connectivity index (χ1n) is 12.9. The summed E-state index contributed by atoms with van der Waals surface area (Å²) in [5, 5.41) is 14.1. The lowest BCUT2D eigenvalue weighted by Crippen LogP contribution is -2.35. The number of aryl methyl sites for hydroxylation is 1. The van der Waals surface area contributed by atoms with E-state index in [4.69, 9.17) is 4.42 Å². The van der Waals surface area contributed by atoms with Gasteiger partial charge in [0.25, 0.3) is 5.56 Å². The van der Waals surface area contributed by atoms with Crippen LogP contribution in [0.4, 0.5) is 0 Å². The number of hydrogen-bond donors (Lipinski definition) is 1. The molecule has 37 heavy (non-hydrogen) atoms. The molecule has 1 unspecified atom stereocenters. The number of pyridine rings is 1. The monoisotopic (exact) mass is 494 g/mol. The van der Waals surface area contributed by atoms with Gasteiger partial charge in [-0.15, -0.1) is 5.10 Å². The van der Waals surface area contributed by atoms with Crippen molar-refractivity contribution in [2.24, 2.45) is 0 Å². The molecule has 188 valence electrons. The largest absolute Gasteiger partial charge is 0.468 e. The maximum atomic E-state index is 13.7. The molecule has 8 nitrogen and oxygen atoms in total. The van der Waals surface area contributed by atoms with Gasteiger partial charge in [-0.05, 0) is 64.9 Å². The second-order valence-electron chi connectivity index (χ2n) is 9.89. The standard InChI is InChI=1S/C29H30N6O2/c1-20-9-7-12-22-17-25(29(36)30-26(20)22)27(28-31-32-33-35(28)23-13-5-6-14-23)34(19-24-15-8-16-37-24)18-21-10-3-2-4-11-21/h2-4,7-12,15-17,23,27H,5-6,13-14,18-19H2,1H3,(H,30,36).